The predicted octanol–water partition coefficient (Wildman–Crippen LogP) is 22.4. The van der Waals surface area contributed by atoms with Crippen LogP contribution in [0.4, 0.5) is 0 Å². The number of carbonyl (C=O) groups is 3. The van der Waals surface area contributed by atoms with Crippen LogP contribution in [0.2, 0.25) is 0 Å². The highest BCUT2D eigenvalue weighted by Gasteiger charge is 2.22. The van der Waals surface area contributed by atoms with Gasteiger partial charge in [-0.15, -0.1) is 0 Å². The number of hydrogen-bond acceptors (Lipinski definition) is 8. The maximum atomic E-state index is 13.0. The monoisotopic (exact) mass is 1220 g/mol. The number of hydrogen-bond donors (Lipinski definition) is 0. The molecule has 0 aromatic rings. The van der Waals surface area contributed by atoms with Crippen molar-refractivity contribution in [1.82, 2.24) is 0 Å². The number of quaternary nitrogens is 1. The quantitative estimate of drug-likeness (QED) is 0.0195. The Labute approximate surface area is 540 Å². The highest BCUT2D eigenvalue weighted by atomic mass is 16.7. The molecule has 0 amide bonds. The van der Waals surface area contributed by atoms with E-state index in [-0.39, 0.29) is 32.2 Å². The topological polar surface area (TPSA) is 111 Å². The molecule has 9 nitrogen and oxygen atoms in total. The molecule has 510 valence electrons. The summed E-state index contributed by atoms with van der Waals surface area (Å²) in [5.41, 5.74) is 0. The lowest BCUT2D eigenvalue weighted by Gasteiger charge is -2.26. The Kier molecular flexibility index (Phi) is 67.0. The fraction of sp³-hybridized carbons (Fsp3) is 0.859. The summed E-state index contributed by atoms with van der Waals surface area (Å²) in [6, 6.07) is 0. The van der Waals surface area contributed by atoms with Crippen molar-refractivity contribution >= 4 is 17.9 Å². The number of ether oxygens (including phenoxy) is 4. The summed E-state index contributed by atoms with van der Waals surface area (Å²) in [6.45, 7) is 4.71. The second-order valence-electron chi connectivity index (χ2n) is 26.9. The van der Waals surface area contributed by atoms with Crippen LogP contribution >= 0.6 is 0 Å². The number of nitrogens with zero attached hydrogens (tertiary/aromatic N) is 1. The van der Waals surface area contributed by atoms with Crippen molar-refractivity contribution in [3.63, 3.8) is 0 Å². The molecule has 0 aliphatic rings. The number of unbranched alkanes of at least 4 members (excludes halogenated alkanes) is 48. The first-order valence-electron chi connectivity index (χ1n) is 37.8. The van der Waals surface area contributed by atoms with Crippen LogP contribution in [-0.2, 0) is 33.3 Å². The van der Waals surface area contributed by atoms with E-state index in [9.17, 15) is 19.5 Å². The average Bonchev–Trinajstić information content (AvgIpc) is 3.57. The summed E-state index contributed by atoms with van der Waals surface area (Å²) in [5.74, 6) is -2.25. The van der Waals surface area contributed by atoms with E-state index in [1.54, 1.807) is 0 Å². The first kappa shape index (κ1) is 84.2. The first-order chi connectivity index (χ1) is 42.6. The molecule has 2 unspecified atom stereocenters. The van der Waals surface area contributed by atoms with Crippen LogP contribution in [0.25, 0.3) is 0 Å². The number of aliphatic carboxylic acids is 1. The molecular formula is C78H145NO8. The normalized spacial score (nSPS) is 12.9. The number of carbonyl (C=O) groups excluding carboxylic acids is 3. The van der Waals surface area contributed by atoms with Gasteiger partial charge in [0.15, 0.2) is 12.4 Å². The van der Waals surface area contributed by atoms with Gasteiger partial charge in [0.2, 0.25) is 0 Å². The minimum absolute atomic E-state index is 0.151. The zero-order chi connectivity index (χ0) is 63.3. The highest BCUT2D eigenvalue weighted by molar-refractivity contribution is 5.70. The van der Waals surface area contributed by atoms with Crippen LogP contribution in [0.15, 0.2) is 48.6 Å². The fourth-order valence-electron chi connectivity index (χ4n) is 11.4. The van der Waals surface area contributed by atoms with Gasteiger partial charge in [-0.05, 0) is 51.4 Å². The molecule has 0 bridgehead atoms. The molecule has 0 aromatic carbocycles. The van der Waals surface area contributed by atoms with E-state index in [4.69, 9.17) is 18.9 Å². The molecule has 0 saturated carbocycles. The van der Waals surface area contributed by atoms with Gasteiger partial charge in [-0.2, -0.15) is 0 Å². The van der Waals surface area contributed by atoms with E-state index in [0.717, 1.165) is 64.2 Å². The predicted molar refractivity (Wildman–Crippen MR) is 371 cm³/mol. The molecule has 0 aromatic heterocycles. The average molecular weight is 1230 g/mol. The summed E-state index contributed by atoms with van der Waals surface area (Å²) in [5, 5.41) is 11.8. The van der Waals surface area contributed by atoms with Crippen LogP contribution in [0.5, 0.6) is 0 Å². The molecular weight excluding hydrogens is 1080 g/mol. The van der Waals surface area contributed by atoms with Crippen LogP contribution < -0.4 is 5.11 Å². The van der Waals surface area contributed by atoms with Crippen LogP contribution in [0.1, 0.15) is 373 Å². The number of carboxylic acid groups (broad SMARTS) is 1. The molecule has 0 radical (unpaired) electrons. The zero-order valence-corrected chi connectivity index (χ0v) is 58.4. The Balaban J connectivity index is 3.98. The van der Waals surface area contributed by atoms with Gasteiger partial charge in [0, 0.05) is 12.8 Å². The smallest absolute Gasteiger partial charge is 0.306 e. The van der Waals surface area contributed by atoms with Crippen molar-refractivity contribution in [3.8, 4) is 0 Å². The summed E-state index contributed by atoms with van der Waals surface area (Å²) in [6.07, 6.45) is 86.5. The maximum absolute atomic E-state index is 13.0. The van der Waals surface area contributed by atoms with E-state index in [2.05, 4.69) is 62.5 Å². The molecule has 0 saturated heterocycles. The fourth-order valence-corrected chi connectivity index (χ4v) is 11.4. The molecule has 9 heteroatoms. The highest BCUT2D eigenvalue weighted by Crippen LogP contribution is 2.19. The summed E-state index contributed by atoms with van der Waals surface area (Å²) < 4.78 is 22.9. The maximum Gasteiger partial charge on any atom is 0.306 e. The van der Waals surface area contributed by atoms with Gasteiger partial charge in [0.05, 0.1) is 40.3 Å². The molecule has 0 fully saturated rings. The number of esters is 2. The second kappa shape index (κ2) is 69.1. The third kappa shape index (κ3) is 70.6. The van der Waals surface area contributed by atoms with Gasteiger partial charge in [-0.25, -0.2) is 0 Å². The van der Waals surface area contributed by atoms with E-state index < -0.39 is 24.3 Å². The molecule has 2 atom stereocenters. The van der Waals surface area contributed by atoms with Gasteiger partial charge in [0.25, 0.3) is 0 Å². The van der Waals surface area contributed by atoms with E-state index in [0.29, 0.717) is 17.4 Å². The van der Waals surface area contributed by atoms with Crippen molar-refractivity contribution in [2.45, 2.75) is 386 Å². The zero-order valence-electron chi connectivity index (χ0n) is 58.4. The Morgan fingerprint density at radius 1 is 0.356 bits per heavy atom. The van der Waals surface area contributed by atoms with Crippen LogP contribution in [0, 0.1) is 0 Å². The number of rotatable bonds is 71. The van der Waals surface area contributed by atoms with E-state index in [1.165, 1.54) is 283 Å². The van der Waals surface area contributed by atoms with Crippen molar-refractivity contribution in [2.75, 3.05) is 47.5 Å². The van der Waals surface area contributed by atoms with Crippen molar-refractivity contribution < 1.29 is 42.9 Å². The molecule has 0 rings (SSSR count). The Morgan fingerprint density at radius 3 is 0.977 bits per heavy atom. The van der Waals surface area contributed by atoms with Gasteiger partial charge in [-0.1, -0.05) is 358 Å². The lowest BCUT2D eigenvalue weighted by molar-refractivity contribution is -0.870. The lowest BCUT2D eigenvalue weighted by Crippen LogP contribution is -2.44. The summed E-state index contributed by atoms with van der Waals surface area (Å²) in [4.78, 5) is 37.5. The minimum atomic E-state index is -1.62. The van der Waals surface area contributed by atoms with Gasteiger partial charge in [0.1, 0.15) is 13.2 Å². The molecule has 0 aliphatic carbocycles. The van der Waals surface area contributed by atoms with Crippen LogP contribution in [-0.4, -0.2) is 82.3 Å². The third-order valence-electron chi connectivity index (χ3n) is 17.1. The Hall–Kier alpha value is -2.75. The number of likely N-dealkylation sites (N-methyl/N-ethyl adjacent to an activating group) is 1. The number of allylic oxidation sites excluding steroid dienone is 8. The standard InChI is InChI=1S/C78H145NO8/c1-6-8-10-12-14-16-18-20-22-24-26-28-30-32-33-34-35-36-37-38-39-40-41-42-43-45-47-49-51-53-55-57-59-61-63-65-67-69-76(81)87-74(73-86-78(77(82)83)84-71-70-79(3,4)5)72-85-75(80)68-66-64-62-60-58-56-54-52-50-48-46-44-31-29-27-25-23-21-19-17-15-13-11-9-7-2/h8,10,14,16,20,22,26,28,74,78H,6-7,9,11-13,15,17-19,21,23-25,27,29-73H2,1-5H3/b10-8-,16-14-,22-20-,28-26-. The third-order valence-corrected chi connectivity index (χ3v) is 17.1. The van der Waals surface area contributed by atoms with Gasteiger partial charge < -0.3 is 33.3 Å². The molecule has 0 heterocycles. The molecule has 87 heavy (non-hydrogen) atoms. The first-order valence-corrected chi connectivity index (χ1v) is 37.8. The van der Waals surface area contributed by atoms with Gasteiger partial charge >= 0.3 is 11.9 Å². The van der Waals surface area contributed by atoms with Crippen molar-refractivity contribution in [1.29, 1.82) is 0 Å². The SMILES string of the molecule is CC/C=C\C/C=C\C/C=C\C/C=C\CCCCCCCCCCCCCCCCCCCCCCCCCCC(=O)OC(COC(=O)CCCCCCCCCCCCCCCCCCCCCCCCCCC)COC(OCC[N+](C)(C)C)C(=O)[O-]. The second-order valence-corrected chi connectivity index (χ2v) is 26.9. The van der Waals surface area contributed by atoms with E-state index >= 15 is 0 Å². The Bertz CT molecular complexity index is 1570. The van der Waals surface area contributed by atoms with Crippen molar-refractivity contribution in [3.05, 3.63) is 48.6 Å². The van der Waals surface area contributed by atoms with Crippen LogP contribution in [0.3, 0.4) is 0 Å². The molecule has 0 aliphatic heterocycles. The minimum Gasteiger partial charge on any atom is -0.545 e. The largest absolute Gasteiger partial charge is 0.545 e. The van der Waals surface area contributed by atoms with Gasteiger partial charge in [-0.3, -0.25) is 9.59 Å². The summed E-state index contributed by atoms with van der Waals surface area (Å²) >= 11 is 0. The summed E-state index contributed by atoms with van der Waals surface area (Å²) in [7, 11) is 5.95. The number of carboxylic acids is 1. The lowest BCUT2D eigenvalue weighted by atomic mass is 10.0. The molecule has 0 N–H and O–H groups in total. The Morgan fingerprint density at radius 2 is 0.655 bits per heavy atom. The van der Waals surface area contributed by atoms with Crippen molar-refractivity contribution in [2.24, 2.45) is 0 Å². The van der Waals surface area contributed by atoms with E-state index in [1.807, 2.05) is 21.1 Å². The molecule has 0 spiro atoms.